The molecule has 1 aromatic carbocycles. The Kier molecular flexibility index (Phi) is 2.92. The number of hydrogen-bond acceptors (Lipinski definition) is 2. The lowest BCUT2D eigenvalue weighted by Crippen LogP contribution is -2.50. The molecular weight excluding hydrogens is 392 g/mol. The highest BCUT2D eigenvalue weighted by molar-refractivity contribution is 9.14. The topological polar surface area (TPSA) is 6.48 Å². The minimum Gasteiger partial charge on any atom is -0.341 e. The Bertz CT molecular complexity index is 848. The van der Waals surface area contributed by atoms with Crippen LogP contribution >= 0.6 is 31.9 Å². The SMILES string of the molecule is CC1=c2ccc3c4c2N(CC(C)N4C=CC=3C)C(Br)=C1Br. The van der Waals surface area contributed by atoms with Crippen LogP contribution in [0.3, 0.4) is 0 Å². The van der Waals surface area contributed by atoms with E-state index in [1.54, 1.807) is 0 Å². The molecule has 0 amide bonds. The molecule has 0 saturated heterocycles. The zero-order valence-electron chi connectivity index (χ0n) is 12.2. The lowest BCUT2D eigenvalue weighted by atomic mass is 9.96. The van der Waals surface area contributed by atoms with Crippen LogP contribution in [-0.4, -0.2) is 12.6 Å². The van der Waals surface area contributed by atoms with E-state index in [0.717, 1.165) is 15.6 Å². The van der Waals surface area contributed by atoms with Crippen LogP contribution in [0.2, 0.25) is 0 Å². The highest BCUT2D eigenvalue weighted by atomic mass is 79.9. The Labute approximate surface area is 141 Å². The van der Waals surface area contributed by atoms with E-state index in [4.69, 9.17) is 0 Å². The van der Waals surface area contributed by atoms with Crippen molar-refractivity contribution in [1.82, 2.24) is 0 Å². The van der Waals surface area contributed by atoms with Crippen molar-refractivity contribution in [1.29, 1.82) is 0 Å². The summed E-state index contributed by atoms with van der Waals surface area (Å²) in [6.45, 7) is 7.63. The molecule has 0 spiro atoms. The van der Waals surface area contributed by atoms with E-state index in [0.29, 0.717) is 6.04 Å². The van der Waals surface area contributed by atoms with Crippen molar-refractivity contribution in [2.75, 3.05) is 16.3 Å². The van der Waals surface area contributed by atoms with Gasteiger partial charge in [0.25, 0.3) is 0 Å². The number of benzene rings is 1. The first-order chi connectivity index (χ1) is 10.0. The molecule has 1 atom stereocenters. The summed E-state index contributed by atoms with van der Waals surface area (Å²) < 4.78 is 2.29. The number of hydrogen-bond donors (Lipinski definition) is 0. The molecule has 0 saturated carbocycles. The molecule has 2 nitrogen and oxygen atoms in total. The minimum atomic E-state index is 0.446. The Morgan fingerprint density at radius 3 is 2.57 bits per heavy atom. The first-order valence-corrected chi connectivity index (χ1v) is 8.74. The third-order valence-electron chi connectivity index (χ3n) is 4.66. The van der Waals surface area contributed by atoms with Crippen molar-refractivity contribution in [2.45, 2.75) is 26.8 Å². The average Bonchev–Trinajstić information content (AvgIpc) is 2.48. The molecule has 0 aromatic heterocycles. The van der Waals surface area contributed by atoms with Gasteiger partial charge in [-0.25, -0.2) is 0 Å². The Balaban J connectivity index is 2.21. The van der Waals surface area contributed by atoms with E-state index >= 15 is 0 Å². The summed E-state index contributed by atoms with van der Waals surface area (Å²) in [6.07, 6.45) is 4.46. The summed E-state index contributed by atoms with van der Waals surface area (Å²) in [4.78, 5) is 4.82. The molecule has 0 bridgehead atoms. The predicted octanol–water partition coefficient (Wildman–Crippen LogP) is 3.54. The molecule has 4 heteroatoms. The molecule has 3 aliphatic rings. The van der Waals surface area contributed by atoms with Gasteiger partial charge in [0.2, 0.25) is 0 Å². The van der Waals surface area contributed by atoms with E-state index in [1.165, 1.54) is 33.0 Å². The smallest absolute Gasteiger partial charge is 0.0998 e. The van der Waals surface area contributed by atoms with Gasteiger partial charge in [-0.3, -0.25) is 0 Å². The Morgan fingerprint density at radius 1 is 1.10 bits per heavy atom. The van der Waals surface area contributed by atoms with Gasteiger partial charge in [-0.2, -0.15) is 0 Å². The van der Waals surface area contributed by atoms with Crippen LogP contribution in [0, 0.1) is 0 Å². The minimum absolute atomic E-state index is 0.446. The third kappa shape index (κ3) is 1.69. The molecule has 3 aliphatic heterocycles. The number of nitrogens with zero attached hydrogens (tertiary/aromatic N) is 2. The van der Waals surface area contributed by atoms with Gasteiger partial charge >= 0.3 is 0 Å². The Hall–Kier alpha value is -1.000. The van der Waals surface area contributed by atoms with Crippen LogP contribution in [0.1, 0.15) is 20.8 Å². The molecular formula is C17H16Br2N2. The molecule has 0 aliphatic carbocycles. The highest BCUT2D eigenvalue weighted by Crippen LogP contribution is 2.42. The zero-order chi connectivity index (χ0) is 14.9. The first kappa shape index (κ1) is 13.6. The van der Waals surface area contributed by atoms with Crippen molar-refractivity contribution < 1.29 is 0 Å². The van der Waals surface area contributed by atoms with E-state index in [2.05, 4.69) is 86.8 Å². The zero-order valence-corrected chi connectivity index (χ0v) is 15.4. The normalized spacial score (nSPS) is 23.0. The van der Waals surface area contributed by atoms with Gasteiger partial charge in [-0.1, -0.05) is 12.1 Å². The van der Waals surface area contributed by atoms with E-state index in [1.807, 2.05) is 0 Å². The molecule has 108 valence electrons. The summed E-state index contributed by atoms with van der Waals surface area (Å²) in [5.41, 5.74) is 5.31. The van der Waals surface area contributed by atoms with Crippen LogP contribution in [0.15, 0.2) is 33.5 Å². The summed E-state index contributed by atoms with van der Waals surface area (Å²) in [7, 11) is 0. The number of allylic oxidation sites excluding steroid dienone is 2. The molecule has 21 heavy (non-hydrogen) atoms. The van der Waals surface area contributed by atoms with Gasteiger partial charge in [-0.05, 0) is 69.9 Å². The van der Waals surface area contributed by atoms with Crippen LogP contribution in [-0.2, 0) is 0 Å². The standard InChI is InChI=1S/C17H16Br2N2/c1-9-6-7-20-10(2)8-21-16-13(5-4-12(9)15(16)20)11(3)14(18)17(21)19/h4-7,10H,8H2,1-3H3. The van der Waals surface area contributed by atoms with Crippen LogP contribution in [0.5, 0.6) is 0 Å². The van der Waals surface area contributed by atoms with Crippen molar-refractivity contribution >= 4 is 54.4 Å². The summed E-state index contributed by atoms with van der Waals surface area (Å²) >= 11 is 7.52. The van der Waals surface area contributed by atoms with E-state index in [9.17, 15) is 0 Å². The summed E-state index contributed by atoms with van der Waals surface area (Å²) in [6, 6.07) is 4.97. The van der Waals surface area contributed by atoms with Crippen LogP contribution in [0.4, 0.5) is 11.4 Å². The fourth-order valence-electron chi connectivity index (χ4n) is 3.47. The molecule has 0 fully saturated rings. The van der Waals surface area contributed by atoms with Gasteiger partial charge in [-0.15, -0.1) is 0 Å². The Morgan fingerprint density at radius 2 is 1.81 bits per heavy atom. The highest BCUT2D eigenvalue weighted by Gasteiger charge is 2.34. The second-order valence-corrected chi connectivity index (χ2v) is 7.50. The maximum Gasteiger partial charge on any atom is 0.0998 e. The van der Waals surface area contributed by atoms with Crippen molar-refractivity contribution in [2.24, 2.45) is 0 Å². The molecule has 3 heterocycles. The monoisotopic (exact) mass is 406 g/mol. The van der Waals surface area contributed by atoms with Crippen molar-refractivity contribution in [3.8, 4) is 0 Å². The van der Waals surface area contributed by atoms with Gasteiger partial charge in [0.1, 0.15) is 0 Å². The van der Waals surface area contributed by atoms with Crippen LogP contribution < -0.4 is 20.2 Å². The largest absolute Gasteiger partial charge is 0.341 e. The van der Waals surface area contributed by atoms with Gasteiger partial charge in [0, 0.05) is 29.2 Å². The van der Waals surface area contributed by atoms with Gasteiger partial charge in [0.15, 0.2) is 0 Å². The predicted molar refractivity (Wildman–Crippen MR) is 97.2 cm³/mol. The fraction of sp³-hybridized carbons (Fsp3) is 0.294. The average molecular weight is 408 g/mol. The first-order valence-electron chi connectivity index (χ1n) is 7.15. The lowest BCUT2D eigenvalue weighted by molar-refractivity contribution is 0.669. The van der Waals surface area contributed by atoms with Gasteiger partial charge < -0.3 is 9.80 Å². The van der Waals surface area contributed by atoms with Gasteiger partial charge in [0.05, 0.1) is 20.5 Å². The molecule has 4 rings (SSSR count). The number of rotatable bonds is 0. The maximum absolute atomic E-state index is 3.78. The maximum atomic E-state index is 3.78. The third-order valence-corrected chi connectivity index (χ3v) is 6.99. The van der Waals surface area contributed by atoms with E-state index < -0.39 is 0 Å². The van der Waals surface area contributed by atoms with Crippen molar-refractivity contribution in [3.05, 3.63) is 43.9 Å². The molecule has 1 aromatic rings. The number of halogens is 2. The molecule has 0 N–H and O–H groups in total. The molecule has 1 unspecified atom stereocenters. The summed E-state index contributed by atoms with van der Waals surface area (Å²) in [5.74, 6) is 0. The second kappa shape index (κ2) is 4.50. The van der Waals surface area contributed by atoms with Crippen LogP contribution in [0.25, 0.3) is 11.1 Å². The summed E-state index contributed by atoms with van der Waals surface area (Å²) in [5, 5.41) is 2.67. The van der Waals surface area contributed by atoms with E-state index in [-0.39, 0.29) is 0 Å². The fourth-order valence-corrected chi connectivity index (χ4v) is 4.52. The second-order valence-electron chi connectivity index (χ2n) is 5.95. The van der Waals surface area contributed by atoms with Crippen molar-refractivity contribution in [3.63, 3.8) is 0 Å². The number of anilines is 2. The molecule has 0 radical (unpaired) electrons. The lowest BCUT2D eigenvalue weighted by Gasteiger charge is -2.45. The quantitative estimate of drug-likeness (QED) is 0.607.